The molecular formula is C13H7ClF3IO. The van der Waals surface area contributed by atoms with E-state index in [1.54, 1.807) is 52.9 Å². The maximum absolute atomic E-state index is 12.2. The van der Waals surface area contributed by atoms with E-state index in [1.165, 1.54) is 6.07 Å². The first-order chi connectivity index (χ1) is 8.87. The molecular weight excluding hydrogens is 391 g/mol. The molecule has 0 amide bonds. The number of halogens is 5. The highest BCUT2D eigenvalue weighted by molar-refractivity contribution is 14.1. The summed E-state index contributed by atoms with van der Waals surface area (Å²) in [6.45, 7) is 0. The zero-order chi connectivity index (χ0) is 14.0. The van der Waals surface area contributed by atoms with Gasteiger partial charge in [0, 0.05) is 10.6 Å². The summed E-state index contributed by atoms with van der Waals surface area (Å²) in [6, 6.07) is 11.6. The summed E-state index contributed by atoms with van der Waals surface area (Å²) in [5.74, 6) is -0.219. The molecule has 2 rings (SSSR count). The third-order valence-electron chi connectivity index (χ3n) is 2.34. The minimum Gasteiger partial charge on any atom is -0.405 e. The number of ether oxygens (including phenoxy) is 1. The zero-order valence-corrected chi connectivity index (χ0v) is 12.3. The predicted octanol–water partition coefficient (Wildman–Crippen LogP) is 5.51. The molecule has 2 aromatic rings. The van der Waals surface area contributed by atoms with E-state index in [0.717, 1.165) is 11.1 Å². The molecule has 0 fully saturated rings. The van der Waals surface area contributed by atoms with Crippen molar-refractivity contribution in [2.75, 3.05) is 0 Å². The van der Waals surface area contributed by atoms with Crippen LogP contribution in [0.2, 0.25) is 5.02 Å². The minimum atomic E-state index is -4.69. The third-order valence-corrected chi connectivity index (χ3v) is 3.52. The average Bonchev–Trinajstić information content (AvgIpc) is 2.31. The molecule has 0 saturated carbocycles. The van der Waals surface area contributed by atoms with Crippen LogP contribution in [0.4, 0.5) is 13.2 Å². The Morgan fingerprint density at radius 1 is 1.05 bits per heavy atom. The molecule has 0 aliphatic heterocycles. The second kappa shape index (κ2) is 5.58. The first kappa shape index (κ1) is 14.5. The fourth-order valence-electron chi connectivity index (χ4n) is 1.57. The highest BCUT2D eigenvalue weighted by Crippen LogP contribution is 2.33. The van der Waals surface area contributed by atoms with Crippen molar-refractivity contribution in [3.8, 4) is 16.9 Å². The van der Waals surface area contributed by atoms with Crippen LogP contribution in [0.1, 0.15) is 0 Å². The molecule has 0 saturated heterocycles. The molecule has 1 nitrogen and oxygen atoms in total. The Morgan fingerprint density at radius 2 is 1.74 bits per heavy atom. The summed E-state index contributed by atoms with van der Waals surface area (Å²) in [7, 11) is 0. The van der Waals surface area contributed by atoms with Gasteiger partial charge < -0.3 is 4.74 Å². The van der Waals surface area contributed by atoms with E-state index in [2.05, 4.69) is 4.74 Å². The SMILES string of the molecule is FC(F)(F)Oc1ccc(-c2ccccc2Cl)cc1I. The molecule has 19 heavy (non-hydrogen) atoms. The van der Waals surface area contributed by atoms with Crippen molar-refractivity contribution in [1.29, 1.82) is 0 Å². The zero-order valence-electron chi connectivity index (χ0n) is 9.34. The average molecular weight is 399 g/mol. The Morgan fingerprint density at radius 3 is 2.32 bits per heavy atom. The van der Waals surface area contributed by atoms with Crippen molar-refractivity contribution >= 4 is 34.2 Å². The molecule has 0 N–H and O–H groups in total. The fourth-order valence-corrected chi connectivity index (χ4v) is 2.44. The van der Waals surface area contributed by atoms with E-state index in [0.29, 0.717) is 8.59 Å². The van der Waals surface area contributed by atoms with Gasteiger partial charge in [0.15, 0.2) is 0 Å². The van der Waals surface area contributed by atoms with Crippen LogP contribution in [0.25, 0.3) is 11.1 Å². The summed E-state index contributed by atoms with van der Waals surface area (Å²) >= 11 is 7.84. The van der Waals surface area contributed by atoms with Crippen LogP contribution in [0.5, 0.6) is 5.75 Å². The molecule has 100 valence electrons. The van der Waals surface area contributed by atoms with Crippen molar-refractivity contribution in [3.63, 3.8) is 0 Å². The van der Waals surface area contributed by atoms with Crippen LogP contribution in [0.3, 0.4) is 0 Å². The second-order valence-corrected chi connectivity index (χ2v) is 5.24. The first-order valence-corrected chi connectivity index (χ1v) is 6.63. The van der Waals surface area contributed by atoms with E-state index in [9.17, 15) is 13.2 Å². The Labute approximate surface area is 126 Å². The Balaban J connectivity index is 2.37. The molecule has 0 atom stereocenters. The Bertz CT molecular complexity index is 599. The smallest absolute Gasteiger partial charge is 0.405 e. The van der Waals surface area contributed by atoms with E-state index in [1.807, 2.05) is 6.07 Å². The van der Waals surface area contributed by atoms with Crippen LogP contribution in [-0.2, 0) is 0 Å². The first-order valence-electron chi connectivity index (χ1n) is 5.17. The van der Waals surface area contributed by atoms with Gasteiger partial charge in [-0.3, -0.25) is 0 Å². The van der Waals surface area contributed by atoms with Gasteiger partial charge in [-0.2, -0.15) is 0 Å². The van der Waals surface area contributed by atoms with Gasteiger partial charge in [0.2, 0.25) is 0 Å². The summed E-state index contributed by atoms with van der Waals surface area (Å²) in [6.07, 6.45) is -4.69. The monoisotopic (exact) mass is 398 g/mol. The maximum Gasteiger partial charge on any atom is 0.573 e. The number of rotatable bonds is 2. The van der Waals surface area contributed by atoms with E-state index in [-0.39, 0.29) is 5.75 Å². The van der Waals surface area contributed by atoms with Crippen LogP contribution in [0, 0.1) is 3.57 Å². The third kappa shape index (κ3) is 3.76. The number of hydrogen-bond donors (Lipinski definition) is 0. The Kier molecular flexibility index (Phi) is 4.25. The van der Waals surface area contributed by atoms with Crippen LogP contribution < -0.4 is 4.74 Å². The molecule has 0 unspecified atom stereocenters. The lowest BCUT2D eigenvalue weighted by Crippen LogP contribution is -2.17. The molecule has 0 bridgehead atoms. The minimum absolute atomic E-state index is 0.219. The number of hydrogen-bond acceptors (Lipinski definition) is 1. The summed E-state index contributed by atoms with van der Waals surface area (Å²) in [4.78, 5) is 0. The summed E-state index contributed by atoms with van der Waals surface area (Å²) in [5, 5.41) is 0.544. The summed E-state index contributed by atoms with van der Waals surface area (Å²) in [5.41, 5.74) is 1.50. The quantitative estimate of drug-likeness (QED) is 0.606. The maximum atomic E-state index is 12.2. The van der Waals surface area contributed by atoms with Crippen molar-refractivity contribution in [1.82, 2.24) is 0 Å². The normalized spacial score (nSPS) is 11.4. The summed E-state index contributed by atoms with van der Waals surface area (Å²) < 4.78 is 40.8. The molecule has 0 aromatic heterocycles. The molecule has 0 radical (unpaired) electrons. The number of benzene rings is 2. The van der Waals surface area contributed by atoms with Gasteiger partial charge >= 0.3 is 6.36 Å². The molecule has 6 heteroatoms. The lowest BCUT2D eigenvalue weighted by atomic mass is 10.1. The van der Waals surface area contributed by atoms with Crippen molar-refractivity contribution < 1.29 is 17.9 Å². The topological polar surface area (TPSA) is 9.23 Å². The lowest BCUT2D eigenvalue weighted by molar-refractivity contribution is -0.274. The molecule has 2 aromatic carbocycles. The van der Waals surface area contributed by atoms with Crippen LogP contribution in [0.15, 0.2) is 42.5 Å². The number of alkyl halides is 3. The van der Waals surface area contributed by atoms with Gasteiger partial charge in [-0.05, 0) is 46.4 Å². The highest BCUT2D eigenvalue weighted by Gasteiger charge is 2.31. The van der Waals surface area contributed by atoms with Crippen molar-refractivity contribution in [2.45, 2.75) is 6.36 Å². The second-order valence-electron chi connectivity index (χ2n) is 3.67. The van der Waals surface area contributed by atoms with Crippen molar-refractivity contribution in [2.24, 2.45) is 0 Å². The van der Waals surface area contributed by atoms with Gasteiger partial charge in [-0.25, -0.2) is 0 Å². The molecule has 0 aliphatic rings. The van der Waals surface area contributed by atoms with E-state index >= 15 is 0 Å². The predicted molar refractivity (Wildman–Crippen MR) is 76.3 cm³/mol. The van der Waals surface area contributed by atoms with Gasteiger partial charge in [0.25, 0.3) is 0 Å². The molecule has 0 heterocycles. The standard InChI is InChI=1S/C13H7ClF3IO/c14-10-4-2-1-3-9(10)8-5-6-12(11(18)7-8)19-13(15,16)17/h1-7H. The van der Waals surface area contributed by atoms with E-state index < -0.39 is 6.36 Å². The lowest BCUT2D eigenvalue weighted by Gasteiger charge is -2.12. The van der Waals surface area contributed by atoms with Gasteiger partial charge in [0.05, 0.1) is 3.57 Å². The van der Waals surface area contributed by atoms with Crippen LogP contribution in [-0.4, -0.2) is 6.36 Å². The van der Waals surface area contributed by atoms with Crippen LogP contribution >= 0.6 is 34.2 Å². The Hall–Kier alpha value is -0.950. The van der Waals surface area contributed by atoms with Crippen molar-refractivity contribution in [3.05, 3.63) is 51.1 Å². The molecule has 0 spiro atoms. The van der Waals surface area contributed by atoms with Gasteiger partial charge in [0.1, 0.15) is 5.75 Å². The van der Waals surface area contributed by atoms with Gasteiger partial charge in [-0.15, -0.1) is 13.2 Å². The fraction of sp³-hybridized carbons (Fsp3) is 0.0769. The highest BCUT2D eigenvalue weighted by atomic mass is 127. The van der Waals surface area contributed by atoms with E-state index in [4.69, 9.17) is 11.6 Å². The largest absolute Gasteiger partial charge is 0.573 e. The molecule has 0 aliphatic carbocycles. The van der Waals surface area contributed by atoms with Gasteiger partial charge in [-0.1, -0.05) is 35.9 Å².